The summed E-state index contributed by atoms with van der Waals surface area (Å²) in [5, 5.41) is 14.3. The molecule has 1 rings (SSSR count). The molecule has 0 radical (unpaired) electrons. The molecule has 0 unspecified atom stereocenters. The zero-order valence-electron chi connectivity index (χ0n) is 9.71. The first-order valence-electron chi connectivity index (χ1n) is 5.68. The monoisotopic (exact) mass is 226 g/mol. The molecule has 6 heteroatoms. The first-order chi connectivity index (χ1) is 7.58. The fourth-order valence-corrected chi connectivity index (χ4v) is 1.79. The first-order valence-corrected chi connectivity index (χ1v) is 5.68. The maximum atomic E-state index is 7.17. The molecule has 6 N–H and O–H groups in total. The Kier molecular flexibility index (Phi) is 5.21. The molecule has 1 heterocycles. The molecular weight excluding hydrogens is 204 g/mol. The van der Waals surface area contributed by atoms with Gasteiger partial charge in [-0.1, -0.05) is 0 Å². The third kappa shape index (κ3) is 5.09. The van der Waals surface area contributed by atoms with Crippen molar-refractivity contribution in [3.8, 4) is 0 Å². The van der Waals surface area contributed by atoms with Crippen LogP contribution < -0.4 is 11.5 Å². The molecule has 0 aliphatic carbocycles. The summed E-state index contributed by atoms with van der Waals surface area (Å²) in [5.74, 6) is 0.526. The van der Waals surface area contributed by atoms with Crippen molar-refractivity contribution in [2.45, 2.75) is 12.8 Å². The van der Waals surface area contributed by atoms with Gasteiger partial charge in [-0.15, -0.1) is 0 Å². The summed E-state index contributed by atoms with van der Waals surface area (Å²) in [4.78, 5) is 4.65. The van der Waals surface area contributed by atoms with Gasteiger partial charge in [0.1, 0.15) is 0 Å². The van der Waals surface area contributed by atoms with Gasteiger partial charge in [-0.3, -0.25) is 10.8 Å². The van der Waals surface area contributed by atoms with E-state index in [9.17, 15) is 0 Å². The molecule has 1 saturated heterocycles. The highest BCUT2D eigenvalue weighted by molar-refractivity contribution is 5.77. The lowest BCUT2D eigenvalue weighted by atomic mass is 10.2. The van der Waals surface area contributed by atoms with Crippen LogP contribution in [-0.4, -0.2) is 60.7 Å². The molecule has 0 aromatic heterocycles. The quantitative estimate of drug-likeness (QED) is 0.353. The number of hydrogen-bond donors (Lipinski definition) is 4. The van der Waals surface area contributed by atoms with Gasteiger partial charge in [-0.05, 0) is 0 Å². The van der Waals surface area contributed by atoms with Crippen LogP contribution in [0.4, 0.5) is 0 Å². The van der Waals surface area contributed by atoms with Gasteiger partial charge in [-0.2, -0.15) is 0 Å². The maximum absolute atomic E-state index is 7.17. The van der Waals surface area contributed by atoms with Gasteiger partial charge >= 0.3 is 0 Å². The molecule has 0 spiro atoms. The lowest BCUT2D eigenvalue weighted by molar-refractivity contribution is 0.137. The van der Waals surface area contributed by atoms with Crippen molar-refractivity contribution in [2.75, 3.05) is 39.3 Å². The Labute approximate surface area is 96.6 Å². The van der Waals surface area contributed by atoms with Crippen LogP contribution in [0, 0.1) is 10.8 Å². The molecule has 0 aromatic carbocycles. The lowest BCUT2D eigenvalue weighted by Crippen LogP contribution is -2.47. The summed E-state index contributed by atoms with van der Waals surface area (Å²) >= 11 is 0. The Morgan fingerprint density at radius 1 is 0.812 bits per heavy atom. The highest BCUT2D eigenvalue weighted by Crippen LogP contribution is 2.02. The zero-order valence-corrected chi connectivity index (χ0v) is 9.71. The number of nitrogens with two attached hydrogens (primary N) is 2. The van der Waals surface area contributed by atoms with Crippen LogP contribution in [-0.2, 0) is 0 Å². The van der Waals surface area contributed by atoms with Crippen molar-refractivity contribution < 1.29 is 0 Å². The fourth-order valence-electron chi connectivity index (χ4n) is 1.79. The fraction of sp³-hybridized carbons (Fsp3) is 0.800. The minimum Gasteiger partial charge on any atom is -0.388 e. The van der Waals surface area contributed by atoms with E-state index < -0.39 is 0 Å². The summed E-state index contributed by atoms with van der Waals surface area (Å²) in [6.07, 6.45) is 1.32. The van der Waals surface area contributed by atoms with E-state index in [1.165, 1.54) is 0 Å². The third-order valence-electron chi connectivity index (χ3n) is 2.86. The molecule has 1 aliphatic rings. The second-order valence-corrected chi connectivity index (χ2v) is 4.23. The summed E-state index contributed by atoms with van der Waals surface area (Å²) in [5.41, 5.74) is 10.7. The van der Waals surface area contributed by atoms with Crippen molar-refractivity contribution in [1.29, 1.82) is 10.8 Å². The first kappa shape index (κ1) is 12.9. The van der Waals surface area contributed by atoms with E-state index in [1.807, 2.05) is 0 Å². The Hall–Kier alpha value is -1.14. The van der Waals surface area contributed by atoms with E-state index in [0.717, 1.165) is 39.3 Å². The molecular formula is C10H22N6. The summed E-state index contributed by atoms with van der Waals surface area (Å²) in [7, 11) is 0. The van der Waals surface area contributed by atoms with E-state index in [2.05, 4.69) is 9.80 Å². The molecule has 6 nitrogen and oxygen atoms in total. The molecule has 0 saturated carbocycles. The van der Waals surface area contributed by atoms with Crippen molar-refractivity contribution in [2.24, 2.45) is 11.5 Å². The van der Waals surface area contributed by atoms with Crippen LogP contribution in [0.15, 0.2) is 0 Å². The lowest BCUT2D eigenvalue weighted by Gasteiger charge is -2.34. The standard InChI is InChI=1S/C10H22N6/c11-9(12)1-3-15-5-7-16(8-6-15)4-2-10(13)14/h1-8H2,(H3,11,12)(H3,13,14). The second-order valence-electron chi connectivity index (χ2n) is 4.23. The number of nitrogens with one attached hydrogen (secondary N) is 2. The van der Waals surface area contributed by atoms with Gasteiger partial charge in [0.15, 0.2) is 0 Å². The molecule has 1 aliphatic heterocycles. The van der Waals surface area contributed by atoms with Crippen LogP contribution in [0.5, 0.6) is 0 Å². The molecule has 0 atom stereocenters. The Bertz CT molecular complexity index is 218. The highest BCUT2D eigenvalue weighted by Gasteiger charge is 2.16. The topological polar surface area (TPSA) is 106 Å². The van der Waals surface area contributed by atoms with Crippen molar-refractivity contribution in [3.05, 3.63) is 0 Å². The predicted molar refractivity (Wildman–Crippen MR) is 65.9 cm³/mol. The number of rotatable bonds is 6. The molecule has 0 aromatic rings. The van der Waals surface area contributed by atoms with Crippen molar-refractivity contribution in [1.82, 2.24) is 9.80 Å². The summed E-state index contributed by atoms with van der Waals surface area (Å²) < 4.78 is 0. The number of piperazine rings is 1. The van der Waals surface area contributed by atoms with Gasteiger partial charge in [0.05, 0.1) is 11.7 Å². The Morgan fingerprint density at radius 2 is 1.12 bits per heavy atom. The predicted octanol–water partition coefficient (Wildman–Crippen LogP) is -0.744. The minimum atomic E-state index is 0.263. The minimum absolute atomic E-state index is 0.263. The second kappa shape index (κ2) is 6.44. The van der Waals surface area contributed by atoms with Crippen LogP contribution in [0.3, 0.4) is 0 Å². The third-order valence-corrected chi connectivity index (χ3v) is 2.86. The number of nitrogens with zero attached hydrogens (tertiary/aromatic N) is 2. The average molecular weight is 226 g/mol. The highest BCUT2D eigenvalue weighted by atomic mass is 15.3. The Morgan fingerprint density at radius 3 is 1.38 bits per heavy atom. The summed E-state index contributed by atoms with van der Waals surface area (Å²) in [6, 6.07) is 0. The summed E-state index contributed by atoms with van der Waals surface area (Å²) in [6.45, 7) is 5.85. The Balaban J connectivity index is 2.13. The van der Waals surface area contributed by atoms with Crippen LogP contribution >= 0.6 is 0 Å². The van der Waals surface area contributed by atoms with Gasteiger partial charge in [0, 0.05) is 52.1 Å². The molecule has 0 amide bonds. The molecule has 1 fully saturated rings. The van der Waals surface area contributed by atoms with Gasteiger partial charge in [0.2, 0.25) is 0 Å². The van der Waals surface area contributed by atoms with Crippen molar-refractivity contribution in [3.63, 3.8) is 0 Å². The smallest absolute Gasteiger partial charge is 0.0918 e. The van der Waals surface area contributed by atoms with E-state index in [-0.39, 0.29) is 11.7 Å². The number of hydrogen-bond acceptors (Lipinski definition) is 4. The van der Waals surface area contributed by atoms with Gasteiger partial charge < -0.3 is 21.3 Å². The van der Waals surface area contributed by atoms with E-state index in [4.69, 9.17) is 22.3 Å². The van der Waals surface area contributed by atoms with E-state index >= 15 is 0 Å². The average Bonchev–Trinajstić information content (AvgIpc) is 2.25. The van der Waals surface area contributed by atoms with Gasteiger partial charge in [-0.25, -0.2) is 0 Å². The molecule has 0 bridgehead atoms. The van der Waals surface area contributed by atoms with Crippen LogP contribution in [0.25, 0.3) is 0 Å². The molecule has 92 valence electrons. The van der Waals surface area contributed by atoms with Crippen molar-refractivity contribution >= 4 is 11.7 Å². The molecule has 16 heavy (non-hydrogen) atoms. The van der Waals surface area contributed by atoms with Crippen LogP contribution in [0.2, 0.25) is 0 Å². The zero-order chi connectivity index (χ0) is 12.0. The van der Waals surface area contributed by atoms with Crippen LogP contribution in [0.1, 0.15) is 12.8 Å². The normalized spacial score (nSPS) is 18.5. The maximum Gasteiger partial charge on any atom is 0.0918 e. The SMILES string of the molecule is N=C(N)CCN1CCN(CCC(=N)N)CC1. The number of amidine groups is 2. The largest absolute Gasteiger partial charge is 0.388 e. The van der Waals surface area contributed by atoms with E-state index in [0.29, 0.717) is 12.8 Å². The van der Waals surface area contributed by atoms with E-state index in [1.54, 1.807) is 0 Å². The van der Waals surface area contributed by atoms with Gasteiger partial charge in [0.25, 0.3) is 0 Å².